The van der Waals surface area contributed by atoms with Crippen molar-refractivity contribution in [3.8, 4) is 5.75 Å². The Kier molecular flexibility index (Phi) is 6.25. The minimum absolute atomic E-state index is 0.0526. The van der Waals surface area contributed by atoms with Crippen LogP contribution in [0.4, 0.5) is 0 Å². The second-order valence-corrected chi connectivity index (χ2v) is 9.49. The number of thioether (sulfide) groups is 1. The Morgan fingerprint density at radius 2 is 1.90 bits per heavy atom. The number of carbonyl (C=O) groups excluding carboxylic acids is 2. The number of amidine groups is 1. The molecule has 0 saturated carbocycles. The Bertz CT molecular complexity index is 1160. The number of halogens is 1. The van der Waals surface area contributed by atoms with Crippen LogP contribution in [0, 0.1) is 6.92 Å². The SMILES string of the molecule is CC(=O)NC1=NC(=O)/C(=C/c2ccc(OS(=O)(=O)c3ccc(C)cc3)c(Br)c2)S1. The molecule has 3 rings (SSSR count). The van der Waals surface area contributed by atoms with Crippen molar-refractivity contribution in [3.05, 3.63) is 63.0 Å². The van der Waals surface area contributed by atoms with E-state index in [0.29, 0.717) is 14.9 Å². The standard InChI is InChI=1S/C19H15BrN2O5S2/c1-11-3-6-14(7-4-11)29(25,26)27-16-8-5-13(9-15(16)20)10-17-18(24)22-19(28-17)21-12(2)23/h3-10H,1-2H3,(H,21,22,23,24)/b17-10-. The fraction of sp³-hybridized carbons (Fsp3) is 0.105. The molecule has 0 atom stereocenters. The molecule has 2 aromatic carbocycles. The predicted molar refractivity (Wildman–Crippen MR) is 115 cm³/mol. The summed E-state index contributed by atoms with van der Waals surface area (Å²) in [7, 11) is -3.98. The molecule has 2 amide bonds. The van der Waals surface area contributed by atoms with Crippen LogP contribution in [-0.4, -0.2) is 25.4 Å². The summed E-state index contributed by atoms with van der Waals surface area (Å²) in [6.45, 7) is 3.19. The van der Waals surface area contributed by atoms with Crippen LogP contribution in [-0.2, 0) is 19.7 Å². The summed E-state index contributed by atoms with van der Waals surface area (Å²) in [5.74, 6) is -0.658. The van der Waals surface area contributed by atoms with E-state index in [-0.39, 0.29) is 21.7 Å². The van der Waals surface area contributed by atoms with Crippen LogP contribution in [0.3, 0.4) is 0 Å². The van der Waals surface area contributed by atoms with Crippen molar-refractivity contribution in [2.75, 3.05) is 0 Å². The van der Waals surface area contributed by atoms with Crippen LogP contribution in [0.5, 0.6) is 5.75 Å². The zero-order valence-electron chi connectivity index (χ0n) is 15.3. The topological polar surface area (TPSA) is 102 Å². The van der Waals surface area contributed by atoms with E-state index in [1.165, 1.54) is 25.1 Å². The van der Waals surface area contributed by atoms with Crippen LogP contribution >= 0.6 is 27.7 Å². The van der Waals surface area contributed by atoms with Gasteiger partial charge in [0.2, 0.25) is 5.91 Å². The molecule has 0 saturated heterocycles. The molecule has 150 valence electrons. The number of nitrogens with one attached hydrogen (secondary N) is 1. The Balaban J connectivity index is 1.78. The van der Waals surface area contributed by atoms with Crippen LogP contribution in [0.1, 0.15) is 18.1 Å². The molecule has 1 heterocycles. The number of nitrogens with zero attached hydrogens (tertiary/aromatic N) is 1. The molecule has 29 heavy (non-hydrogen) atoms. The first-order chi connectivity index (χ1) is 13.6. The van der Waals surface area contributed by atoms with Gasteiger partial charge in [0.05, 0.1) is 9.38 Å². The van der Waals surface area contributed by atoms with Crippen molar-refractivity contribution >= 4 is 60.9 Å². The number of benzene rings is 2. The number of rotatable bonds is 4. The average molecular weight is 495 g/mol. The normalized spacial score (nSPS) is 15.3. The second-order valence-electron chi connectivity index (χ2n) is 6.05. The molecule has 10 heteroatoms. The molecule has 0 spiro atoms. The summed E-state index contributed by atoms with van der Waals surface area (Å²) >= 11 is 4.34. The number of aliphatic imine (C=N–C) groups is 1. The summed E-state index contributed by atoms with van der Waals surface area (Å²) in [5.41, 5.74) is 1.57. The van der Waals surface area contributed by atoms with E-state index in [1.54, 1.807) is 30.3 Å². The summed E-state index contributed by atoms with van der Waals surface area (Å²) in [5, 5.41) is 2.69. The maximum atomic E-state index is 12.4. The summed E-state index contributed by atoms with van der Waals surface area (Å²) in [6, 6.07) is 11.1. The lowest BCUT2D eigenvalue weighted by Crippen LogP contribution is -2.23. The van der Waals surface area contributed by atoms with Gasteiger partial charge in [-0.3, -0.25) is 9.59 Å². The highest BCUT2D eigenvalue weighted by molar-refractivity contribution is 9.10. The quantitative estimate of drug-likeness (QED) is 0.514. The molecule has 0 aromatic heterocycles. The van der Waals surface area contributed by atoms with Crippen LogP contribution in [0.15, 0.2) is 61.7 Å². The maximum Gasteiger partial charge on any atom is 0.339 e. The van der Waals surface area contributed by atoms with Crippen molar-refractivity contribution in [1.82, 2.24) is 5.32 Å². The van der Waals surface area contributed by atoms with Gasteiger partial charge in [-0.15, -0.1) is 0 Å². The molecule has 0 unspecified atom stereocenters. The number of amides is 2. The van der Waals surface area contributed by atoms with Gasteiger partial charge in [-0.05, 0) is 70.5 Å². The molecule has 1 aliphatic heterocycles. The lowest BCUT2D eigenvalue weighted by atomic mass is 10.2. The second kappa shape index (κ2) is 8.52. The van der Waals surface area contributed by atoms with Crippen molar-refractivity contribution in [2.45, 2.75) is 18.7 Å². The van der Waals surface area contributed by atoms with E-state index in [1.807, 2.05) is 6.92 Å². The Hall–Kier alpha value is -2.43. The highest BCUT2D eigenvalue weighted by Gasteiger charge is 2.23. The van der Waals surface area contributed by atoms with E-state index in [0.717, 1.165) is 17.3 Å². The lowest BCUT2D eigenvalue weighted by molar-refractivity contribution is -0.117. The number of aryl methyl sites for hydroxylation is 1. The van der Waals surface area contributed by atoms with Crippen molar-refractivity contribution < 1.29 is 22.2 Å². The van der Waals surface area contributed by atoms with Crippen molar-refractivity contribution in [2.24, 2.45) is 4.99 Å². The first-order valence-corrected chi connectivity index (χ1v) is 11.3. The summed E-state index contributed by atoms with van der Waals surface area (Å²) in [6.07, 6.45) is 1.59. The van der Waals surface area contributed by atoms with E-state index < -0.39 is 16.0 Å². The highest BCUT2D eigenvalue weighted by atomic mass is 79.9. The van der Waals surface area contributed by atoms with E-state index >= 15 is 0 Å². The zero-order valence-corrected chi connectivity index (χ0v) is 18.5. The van der Waals surface area contributed by atoms with E-state index in [2.05, 4.69) is 26.2 Å². The van der Waals surface area contributed by atoms with Gasteiger partial charge >= 0.3 is 10.1 Å². The van der Waals surface area contributed by atoms with Crippen LogP contribution < -0.4 is 9.50 Å². The maximum absolute atomic E-state index is 12.4. The third-order valence-corrected chi connectivity index (χ3v) is 6.43. The monoisotopic (exact) mass is 494 g/mol. The Morgan fingerprint density at radius 1 is 1.21 bits per heavy atom. The van der Waals surface area contributed by atoms with E-state index in [9.17, 15) is 18.0 Å². The van der Waals surface area contributed by atoms with Crippen molar-refractivity contribution in [3.63, 3.8) is 0 Å². The first kappa shape index (κ1) is 21.3. The van der Waals surface area contributed by atoms with Gasteiger partial charge in [0.15, 0.2) is 10.9 Å². The molecule has 2 aromatic rings. The van der Waals surface area contributed by atoms with E-state index in [4.69, 9.17) is 4.18 Å². The molecular weight excluding hydrogens is 480 g/mol. The predicted octanol–water partition coefficient (Wildman–Crippen LogP) is 3.63. The molecule has 0 fully saturated rings. The fourth-order valence-corrected chi connectivity index (χ4v) is 4.70. The minimum Gasteiger partial charge on any atom is -0.378 e. The summed E-state index contributed by atoms with van der Waals surface area (Å²) < 4.78 is 30.5. The molecular formula is C19H15BrN2O5S2. The molecule has 0 aliphatic carbocycles. The largest absolute Gasteiger partial charge is 0.378 e. The van der Waals surface area contributed by atoms with Crippen molar-refractivity contribution in [1.29, 1.82) is 0 Å². The summed E-state index contributed by atoms with van der Waals surface area (Å²) in [4.78, 5) is 27.2. The molecule has 1 aliphatic rings. The van der Waals surface area contributed by atoms with Gasteiger partial charge in [0.25, 0.3) is 5.91 Å². The number of carbonyl (C=O) groups is 2. The molecule has 1 N–H and O–H groups in total. The zero-order chi connectivity index (χ0) is 21.2. The van der Waals surface area contributed by atoms with Gasteiger partial charge < -0.3 is 9.50 Å². The van der Waals surface area contributed by atoms with Gasteiger partial charge in [-0.1, -0.05) is 23.8 Å². The first-order valence-electron chi connectivity index (χ1n) is 8.25. The third-order valence-electron chi connectivity index (χ3n) is 3.67. The Labute approximate surface area is 180 Å². The highest BCUT2D eigenvalue weighted by Crippen LogP contribution is 2.32. The lowest BCUT2D eigenvalue weighted by Gasteiger charge is -2.09. The molecule has 0 radical (unpaired) electrons. The number of hydrogen-bond acceptors (Lipinski definition) is 6. The van der Waals surface area contributed by atoms with Gasteiger partial charge in [0, 0.05) is 6.92 Å². The van der Waals surface area contributed by atoms with Gasteiger partial charge in [-0.2, -0.15) is 13.4 Å². The van der Waals surface area contributed by atoms with Gasteiger partial charge in [-0.25, -0.2) is 0 Å². The minimum atomic E-state index is -3.98. The third kappa shape index (κ3) is 5.34. The fourth-order valence-electron chi connectivity index (χ4n) is 2.31. The van der Waals surface area contributed by atoms with Crippen LogP contribution in [0.25, 0.3) is 6.08 Å². The Morgan fingerprint density at radius 3 is 2.52 bits per heavy atom. The number of hydrogen-bond donors (Lipinski definition) is 1. The molecule has 7 nitrogen and oxygen atoms in total. The molecule has 0 bridgehead atoms. The average Bonchev–Trinajstić information content (AvgIpc) is 2.96. The van der Waals surface area contributed by atoms with Crippen LogP contribution in [0.2, 0.25) is 0 Å². The smallest absolute Gasteiger partial charge is 0.339 e. The van der Waals surface area contributed by atoms with Gasteiger partial charge in [0.1, 0.15) is 4.90 Å².